The number of nitrogens with zero attached hydrogens (tertiary/aromatic N) is 1. The Balaban J connectivity index is 1.29. The van der Waals surface area contributed by atoms with Crippen molar-refractivity contribution in [3.63, 3.8) is 0 Å². The van der Waals surface area contributed by atoms with Gasteiger partial charge in [0, 0.05) is 35.4 Å². The van der Waals surface area contributed by atoms with Crippen LogP contribution in [0.15, 0.2) is 47.4 Å². The molecule has 1 N–H and O–H groups in total. The second-order valence-electron chi connectivity index (χ2n) is 7.47. The summed E-state index contributed by atoms with van der Waals surface area (Å²) in [4.78, 5) is 28.5. The number of benzene rings is 2. The van der Waals surface area contributed by atoms with Crippen molar-refractivity contribution >= 4 is 29.3 Å². The van der Waals surface area contributed by atoms with Gasteiger partial charge in [0.15, 0.2) is 11.5 Å². The van der Waals surface area contributed by atoms with E-state index in [-0.39, 0.29) is 30.2 Å². The summed E-state index contributed by atoms with van der Waals surface area (Å²) in [5.41, 5.74) is 1.92. The van der Waals surface area contributed by atoms with Crippen LogP contribution in [-0.2, 0) is 9.59 Å². The fourth-order valence-electron chi connectivity index (χ4n) is 4.11. The van der Waals surface area contributed by atoms with Gasteiger partial charge in [0.1, 0.15) is 13.2 Å². The first-order chi connectivity index (χ1) is 14.2. The van der Waals surface area contributed by atoms with Gasteiger partial charge in [-0.15, -0.1) is 11.8 Å². The minimum absolute atomic E-state index is 0.0124. The molecule has 2 aromatic carbocycles. The summed E-state index contributed by atoms with van der Waals surface area (Å²) >= 11 is 1.83. The monoisotopic (exact) mass is 410 g/mol. The average molecular weight is 410 g/mol. The van der Waals surface area contributed by atoms with Crippen molar-refractivity contribution in [3.8, 4) is 11.5 Å². The Hall–Kier alpha value is -2.67. The Bertz CT molecular complexity index is 964. The molecule has 150 valence electrons. The number of amides is 2. The fourth-order valence-corrected chi connectivity index (χ4v) is 5.24. The minimum Gasteiger partial charge on any atom is -0.486 e. The van der Waals surface area contributed by atoms with E-state index in [1.807, 2.05) is 42.1 Å². The van der Waals surface area contributed by atoms with Gasteiger partial charge in [-0.3, -0.25) is 9.59 Å². The van der Waals surface area contributed by atoms with Gasteiger partial charge in [-0.25, -0.2) is 0 Å². The molecule has 2 atom stereocenters. The van der Waals surface area contributed by atoms with Gasteiger partial charge in [-0.1, -0.05) is 18.2 Å². The first-order valence-corrected chi connectivity index (χ1v) is 10.9. The molecule has 2 aromatic rings. The highest BCUT2D eigenvalue weighted by Gasteiger charge is 2.36. The van der Waals surface area contributed by atoms with Gasteiger partial charge < -0.3 is 19.7 Å². The van der Waals surface area contributed by atoms with E-state index in [9.17, 15) is 9.59 Å². The number of rotatable bonds is 3. The molecule has 1 saturated heterocycles. The predicted octanol–water partition coefficient (Wildman–Crippen LogP) is 3.16. The maximum Gasteiger partial charge on any atom is 0.227 e. The molecule has 0 spiro atoms. The highest BCUT2D eigenvalue weighted by Crippen LogP contribution is 2.38. The number of carbonyl (C=O) groups is 2. The van der Waals surface area contributed by atoms with Crippen LogP contribution in [0, 0.1) is 5.92 Å². The van der Waals surface area contributed by atoms with Crippen LogP contribution in [0.2, 0.25) is 0 Å². The second-order valence-corrected chi connectivity index (χ2v) is 8.61. The van der Waals surface area contributed by atoms with E-state index < -0.39 is 0 Å². The molecule has 3 aliphatic heterocycles. The summed E-state index contributed by atoms with van der Waals surface area (Å²) in [5, 5.41) is 3.18. The van der Waals surface area contributed by atoms with E-state index in [0.717, 1.165) is 17.9 Å². The van der Waals surface area contributed by atoms with Crippen LogP contribution in [0.5, 0.6) is 11.5 Å². The number of fused-ring (bicyclic) bond motifs is 2. The number of ether oxygens (including phenoxy) is 2. The Labute approximate surface area is 173 Å². The van der Waals surface area contributed by atoms with E-state index in [1.165, 1.54) is 10.5 Å². The van der Waals surface area contributed by atoms with Gasteiger partial charge in [-0.05, 0) is 30.2 Å². The van der Waals surface area contributed by atoms with Gasteiger partial charge in [0.2, 0.25) is 11.8 Å². The molecule has 7 heteroatoms. The minimum atomic E-state index is -0.350. The molecule has 0 unspecified atom stereocenters. The zero-order valence-corrected chi connectivity index (χ0v) is 16.7. The van der Waals surface area contributed by atoms with E-state index >= 15 is 0 Å². The zero-order valence-electron chi connectivity index (χ0n) is 15.9. The number of carbonyl (C=O) groups excluding carboxylic acids is 2. The van der Waals surface area contributed by atoms with Gasteiger partial charge >= 0.3 is 0 Å². The van der Waals surface area contributed by atoms with Crippen molar-refractivity contribution in [2.24, 2.45) is 5.92 Å². The van der Waals surface area contributed by atoms with E-state index in [0.29, 0.717) is 31.3 Å². The van der Waals surface area contributed by atoms with Crippen LogP contribution >= 0.6 is 11.8 Å². The fraction of sp³-hybridized carbons (Fsp3) is 0.364. The van der Waals surface area contributed by atoms with Gasteiger partial charge in [0.05, 0.1) is 12.0 Å². The third-order valence-corrected chi connectivity index (χ3v) is 6.73. The lowest BCUT2D eigenvalue weighted by molar-refractivity contribution is -0.127. The maximum atomic E-state index is 12.9. The zero-order chi connectivity index (χ0) is 19.8. The van der Waals surface area contributed by atoms with Crippen molar-refractivity contribution in [2.75, 3.05) is 30.4 Å². The largest absolute Gasteiger partial charge is 0.486 e. The van der Waals surface area contributed by atoms with Crippen molar-refractivity contribution in [1.29, 1.82) is 0 Å². The van der Waals surface area contributed by atoms with Gasteiger partial charge in [-0.2, -0.15) is 0 Å². The Kier molecular flexibility index (Phi) is 4.83. The lowest BCUT2D eigenvalue weighted by atomic mass is 10.0. The number of nitrogens with one attached hydrogen (secondary N) is 1. The molecule has 3 aliphatic rings. The smallest absolute Gasteiger partial charge is 0.227 e. The van der Waals surface area contributed by atoms with Crippen LogP contribution in [0.3, 0.4) is 0 Å². The highest BCUT2D eigenvalue weighted by molar-refractivity contribution is 7.99. The van der Waals surface area contributed by atoms with Crippen molar-refractivity contribution < 1.29 is 19.1 Å². The molecule has 0 aromatic heterocycles. The summed E-state index contributed by atoms with van der Waals surface area (Å²) in [7, 11) is 0. The van der Waals surface area contributed by atoms with E-state index in [4.69, 9.17) is 9.47 Å². The van der Waals surface area contributed by atoms with Crippen LogP contribution in [0.4, 0.5) is 5.69 Å². The third-order valence-electron chi connectivity index (χ3n) is 5.61. The molecule has 1 fully saturated rings. The summed E-state index contributed by atoms with van der Waals surface area (Å²) in [6.45, 7) is 1.41. The topological polar surface area (TPSA) is 67.9 Å². The molecule has 29 heavy (non-hydrogen) atoms. The lowest BCUT2D eigenvalue weighted by Crippen LogP contribution is -2.36. The predicted molar refractivity (Wildman–Crippen MR) is 111 cm³/mol. The molecular weight excluding hydrogens is 388 g/mol. The first kappa shape index (κ1) is 18.4. The number of anilines is 1. The first-order valence-electron chi connectivity index (χ1n) is 9.91. The molecule has 0 bridgehead atoms. The summed E-state index contributed by atoms with van der Waals surface area (Å²) in [5.74, 6) is 1.87. The van der Waals surface area contributed by atoms with E-state index in [2.05, 4.69) is 17.4 Å². The standard InChI is InChI=1S/C22H22N2O4S/c25-21-11-14(13-24(21)15-5-6-18-19(12-15)28-9-8-27-18)22(26)23-17-7-10-29-20-4-2-1-3-16(17)20/h1-6,12,14,17H,7-11,13H2,(H,23,26)/t14-,17+/m0/s1. The summed E-state index contributed by atoms with van der Waals surface area (Å²) < 4.78 is 11.2. The Morgan fingerprint density at radius 3 is 2.83 bits per heavy atom. The summed E-state index contributed by atoms with van der Waals surface area (Å²) in [6, 6.07) is 13.7. The SMILES string of the molecule is O=C(N[C@@H]1CCSc2ccccc21)[C@H]1CC(=O)N(c2ccc3c(c2)OCCO3)C1. The lowest BCUT2D eigenvalue weighted by Gasteiger charge is -2.27. The van der Waals surface area contributed by atoms with E-state index in [1.54, 1.807) is 4.90 Å². The van der Waals surface area contributed by atoms with Crippen LogP contribution in [0.25, 0.3) is 0 Å². The average Bonchev–Trinajstić information content (AvgIpc) is 3.15. The normalized spacial score (nSPS) is 22.9. The van der Waals surface area contributed by atoms with Crippen molar-refractivity contribution in [1.82, 2.24) is 5.32 Å². The molecule has 2 amide bonds. The molecule has 0 aliphatic carbocycles. The molecule has 3 heterocycles. The second kappa shape index (κ2) is 7.63. The van der Waals surface area contributed by atoms with Crippen LogP contribution in [-0.4, -0.2) is 37.3 Å². The molecule has 5 rings (SSSR count). The highest BCUT2D eigenvalue weighted by atomic mass is 32.2. The molecule has 0 radical (unpaired) electrons. The van der Waals surface area contributed by atoms with Crippen molar-refractivity contribution in [3.05, 3.63) is 48.0 Å². The summed E-state index contributed by atoms with van der Waals surface area (Å²) in [6.07, 6.45) is 1.13. The third kappa shape index (κ3) is 3.55. The quantitative estimate of drug-likeness (QED) is 0.842. The number of hydrogen-bond donors (Lipinski definition) is 1. The van der Waals surface area contributed by atoms with Crippen LogP contribution < -0.4 is 19.7 Å². The number of hydrogen-bond acceptors (Lipinski definition) is 5. The Morgan fingerprint density at radius 2 is 1.93 bits per heavy atom. The molecular formula is C22H22N2O4S. The maximum absolute atomic E-state index is 12.9. The Morgan fingerprint density at radius 1 is 1.10 bits per heavy atom. The van der Waals surface area contributed by atoms with Gasteiger partial charge in [0.25, 0.3) is 0 Å². The number of thioether (sulfide) groups is 1. The van der Waals surface area contributed by atoms with Crippen molar-refractivity contribution in [2.45, 2.75) is 23.8 Å². The molecule has 6 nitrogen and oxygen atoms in total. The molecule has 0 saturated carbocycles. The van der Waals surface area contributed by atoms with Crippen LogP contribution in [0.1, 0.15) is 24.4 Å².